The van der Waals surface area contributed by atoms with Crippen molar-refractivity contribution >= 4 is 57.7 Å². The number of carbonyl (C=O) groups is 3. The third kappa shape index (κ3) is 6.91. The Bertz CT molecular complexity index is 1950. The van der Waals surface area contributed by atoms with E-state index in [0.29, 0.717) is 29.2 Å². The summed E-state index contributed by atoms with van der Waals surface area (Å²) in [6, 6.07) is 29.8. The number of amides is 3. The number of rotatable bonds is 8. The second-order valence-corrected chi connectivity index (χ2v) is 12.4. The normalized spacial score (nSPS) is 15.9. The summed E-state index contributed by atoms with van der Waals surface area (Å²) >= 11 is 7.58. The number of benzene rings is 4. The van der Waals surface area contributed by atoms with Crippen LogP contribution in [0, 0.1) is 11.8 Å². The first-order chi connectivity index (χ1) is 21.9. The summed E-state index contributed by atoms with van der Waals surface area (Å²) in [5.41, 5.74) is 11.1. The third-order valence-electron chi connectivity index (χ3n) is 7.59. The van der Waals surface area contributed by atoms with E-state index >= 15 is 0 Å². The summed E-state index contributed by atoms with van der Waals surface area (Å²) in [7, 11) is 0. The minimum atomic E-state index is -0.614. The number of fused-ring (bicyclic) bond motifs is 1. The highest BCUT2D eigenvalue weighted by atomic mass is 35.5. The SMILES string of the molecule is NC(=O)c1cccc(N2C(=O)[C@@H](CC(=O)NCCc3c[nH]c4ccc(Cl)cc34)S[C@H]2c2ccc(C#Cc3ccccc3)cc2)c1. The minimum absolute atomic E-state index is 0.0202. The molecule has 4 aromatic carbocycles. The molecule has 1 fully saturated rings. The van der Waals surface area contributed by atoms with E-state index in [-0.39, 0.29) is 18.2 Å². The molecule has 3 amide bonds. The largest absolute Gasteiger partial charge is 0.366 e. The van der Waals surface area contributed by atoms with E-state index < -0.39 is 16.5 Å². The van der Waals surface area contributed by atoms with Crippen LogP contribution in [0.5, 0.6) is 0 Å². The van der Waals surface area contributed by atoms with Crippen molar-refractivity contribution in [3.63, 3.8) is 0 Å². The number of anilines is 1. The fourth-order valence-corrected chi connectivity index (χ4v) is 6.93. The van der Waals surface area contributed by atoms with Crippen LogP contribution in [0.15, 0.2) is 103 Å². The molecule has 0 unspecified atom stereocenters. The zero-order chi connectivity index (χ0) is 31.3. The molecule has 0 radical (unpaired) electrons. The Morgan fingerprint density at radius 3 is 2.44 bits per heavy atom. The van der Waals surface area contributed by atoms with Crippen LogP contribution in [0.1, 0.15) is 44.4 Å². The molecule has 0 saturated carbocycles. The zero-order valence-electron chi connectivity index (χ0n) is 24.1. The molecule has 1 aliphatic rings. The van der Waals surface area contributed by atoms with Gasteiger partial charge in [0.1, 0.15) is 5.37 Å². The number of hydrogen-bond acceptors (Lipinski definition) is 4. The van der Waals surface area contributed by atoms with Crippen molar-refractivity contribution in [2.24, 2.45) is 5.73 Å². The van der Waals surface area contributed by atoms with Crippen LogP contribution in [0.4, 0.5) is 5.69 Å². The number of carbonyl (C=O) groups excluding carboxylic acids is 3. The maximum Gasteiger partial charge on any atom is 0.248 e. The molecule has 7 nitrogen and oxygen atoms in total. The molecule has 1 aromatic heterocycles. The van der Waals surface area contributed by atoms with Gasteiger partial charge in [0.15, 0.2) is 0 Å². The lowest BCUT2D eigenvalue weighted by molar-refractivity contribution is -0.124. The molecular formula is C36H29ClN4O3S. The minimum Gasteiger partial charge on any atom is -0.366 e. The van der Waals surface area contributed by atoms with Crippen LogP contribution >= 0.6 is 23.4 Å². The van der Waals surface area contributed by atoms with E-state index in [1.165, 1.54) is 11.8 Å². The highest BCUT2D eigenvalue weighted by Crippen LogP contribution is 2.46. The van der Waals surface area contributed by atoms with Gasteiger partial charge in [0.2, 0.25) is 17.7 Å². The maximum atomic E-state index is 13.8. The van der Waals surface area contributed by atoms with Crippen molar-refractivity contribution in [3.8, 4) is 11.8 Å². The van der Waals surface area contributed by atoms with Crippen molar-refractivity contribution in [1.29, 1.82) is 0 Å². The van der Waals surface area contributed by atoms with Crippen LogP contribution < -0.4 is 16.0 Å². The lowest BCUT2D eigenvalue weighted by Crippen LogP contribution is -2.34. The number of thioether (sulfide) groups is 1. The molecule has 0 aliphatic carbocycles. The lowest BCUT2D eigenvalue weighted by atomic mass is 10.1. The summed E-state index contributed by atoms with van der Waals surface area (Å²) in [5.74, 6) is 5.34. The first-order valence-electron chi connectivity index (χ1n) is 14.4. The number of nitrogens with two attached hydrogens (primary N) is 1. The smallest absolute Gasteiger partial charge is 0.248 e. The monoisotopic (exact) mass is 632 g/mol. The van der Waals surface area contributed by atoms with Crippen molar-refractivity contribution in [2.45, 2.75) is 23.5 Å². The van der Waals surface area contributed by atoms with E-state index in [1.54, 1.807) is 29.2 Å². The first-order valence-corrected chi connectivity index (χ1v) is 15.8. The van der Waals surface area contributed by atoms with Crippen LogP contribution in [0.25, 0.3) is 10.9 Å². The highest BCUT2D eigenvalue weighted by Gasteiger charge is 2.42. The molecule has 1 saturated heterocycles. The van der Waals surface area contributed by atoms with Gasteiger partial charge >= 0.3 is 0 Å². The van der Waals surface area contributed by atoms with Gasteiger partial charge in [-0.25, -0.2) is 0 Å². The number of halogens is 1. The first kappa shape index (κ1) is 30.1. The number of aromatic nitrogens is 1. The van der Waals surface area contributed by atoms with Crippen LogP contribution in [-0.4, -0.2) is 34.5 Å². The Hall–Kier alpha value is -4.97. The molecule has 2 heterocycles. The van der Waals surface area contributed by atoms with Gasteiger partial charge in [-0.15, -0.1) is 11.8 Å². The molecule has 0 spiro atoms. The highest BCUT2D eigenvalue weighted by molar-refractivity contribution is 8.01. The van der Waals surface area contributed by atoms with E-state index in [9.17, 15) is 14.4 Å². The molecule has 9 heteroatoms. The van der Waals surface area contributed by atoms with Gasteiger partial charge in [-0.1, -0.05) is 59.8 Å². The number of primary amides is 1. The van der Waals surface area contributed by atoms with Crippen LogP contribution in [0.3, 0.4) is 0 Å². The predicted octanol–water partition coefficient (Wildman–Crippen LogP) is 6.22. The average molecular weight is 633 g/mol. The number of nitrogens with one attached hydrogen (secondary N) is 2. The Labute approximate surface area is 270 Å². The Balaban J connectivity index is 1.18. The average Bonchev–Trinajstić information content (AvgIpc) is 3.60. The van der Waals surface area contributed by atoms with E-state index in [4.69, 9.17) is 17.3 Å². The number of nitrogens with zero attached hydrogens (tertiary/aromatic N) is 1. The quantitative estimate of drug-likeness (QED) is 0.177. The number of H-pyrrole nitrogens is 1. The van der Waals surface area contributed by atoms with Gasteiger partial charge in [0.25, 0.3) is 0 Å². The fraction of sp³-hybridized carbons (Fsp3) is 0.139. The predicted molar refractivity (Wildman–Crippen MR) is 180 cm³/mol. The van der Waals surface area contributed by atoms with Gasteiger partial charge in [0, 0.05) is 57.5 Å². The summed E-state index contributed by atoms with van der Waals surface area (Å²) in [6.07, 6.45) is 2.56. The van der Waals surface area contributed by atoms with Gasteiger partial charge in [0.05, 0.1) is 5.25 Å². The molecule has 45 heavy (non-hydrogen) atoms. The van der Waals surface area contributed by atoms with Crippen molar-refractivity contribution < 1.29 is 14.4 Å². The van der Waals surface area contributed by atoms with Crippen LogP contribution in [0.2, 0.25) is 5.02 Å². The molecule has 6 rings (SSSR count). The van der Waals surface area contributed by atoms with Gasteiger partial charge in [-0.05, 0) is 78.2 Å². The Morgan fingerprint density at radius 2 is 1.69 bits per heavy atom. The van der Waals surface area contributed by atoms with Crippen LogP contribution in [-0.2, 0) is 16.0 Å². The standard InChI is InChI=1S/C36H29ClN4O3S/c37-28-15-16-31-30(20-28)27(22-40-31)17-18-39-33(42)21-32-35(44)41(29-8-4-7-26(19-29)34(38)43)36(45-32)25-13-11-24(12-14-25)10-9-23-5-2-1-3-6-23/h1-8,11-16,19-20,22,32,36,40H,17-18,21H2,(H2,38,43)(H,39,42)/t32-,36+/m1/s1. The molecule has 2 atom stereocenters. The van der Waals surface area contributed by atoms with E-state index in [2.05, 4.69) is 22.1 Å². The van der Waals surface area contributed by atoms with Gasteiger partial charge in [-0.2, -0.15) is 0 Å². The molecule has 0 bridgehead atoms. The van der Waals surface area contributed by atoms with E-state index in [1.807, 2.05) is 79.0 Å². The molecule has 1 aliphatic heterocycles. The second kappa shape index (κ2) is 13.3. The zero-order valence-corrected chi connectivity index (χ0v) is 25.7. The Morgan fingerprint density at radius 1 is 0.933 bits per heavy atom. The lowest BCUT2D eigenvalue weighted by Gasteiger charge is -2.24. The molecule has 5 aromatic rings. The van der Waals surface area contributed by atoms with Gasteiger partial charge < -0.3 is 16.0 Å². The van der Waals surface area contributed by atoms with Gasteiger partial charge in [-0.3, -0.25) is 19.3 Å². The maximum absolute atomic E-state index is 13.8. The van der Waals surface area contributed by atoms with E-state index in [0.717, 1.165) is 33.2 Å². The molecular weight excluding hydrogens is 604 g/mol. The second-order valence-electron chi connectivity index (χ2n) is 10.6. The summed E-state index contributed by atoms with van der Waals surface area (Å²) < 4.78 is 0. The van der Waals surface area contributed by atoms with Crippen molar-refractivity contribution in [3.05, 3.63) is 136 Å². The summed E-state index contributed by atoms with van der Waals surface area (Å²) in [4.78, 5) is 43.7. The molecule has 4 N–H and O–H groups in total. The summed E-state index contributed by atoms with van der Waals surface area (Å²) in [5, 5.41) is 3.62. The topological polar surface area (TPSA) is 108 Å². The van der Waals surface area contributed by atoms with Crippen molar-refractivity contribution in [1.82, 2.24) is 10.3 Å². The Kier molecular flexibility index (Phi) is 8.92. The number of hydrogen-bond donors (Lipinski definition) is 3. The fourth-order valence-electron chi connectivity index (χ4n) is 5.31. The van der Waals surface area contributed by atoms with Crippen molar-refractivity contribution in [2.75, 3.05) is 11.4 Å². The number of aromatic amines is 1. The third-order valence-corrected chi connectivity index (χ3v) is 9.26. The summed E-state index contributed by atoms with van der Waals surface area (Å²) in [6.45, 7) is 0.420. The molecule has 224 valence electrons.